The van der Waals surface area contributed by atoms with Crippen LogP contribution in [0, 0.1) is 0 Å². The van der Waals surface area contributed by atoms with Gasteiger partial charge < -0.3 is 9.88 Å². The van der Waals surface area contributed by atoms with Gasteiger partial charge in [-0.25, -0.2) is 4.98 Å². The summed E-state index contributed by atoms with van der Waals surface area (Å²) in [6.45, 7) is 0. The molecule has 0 radical (unpaired) electrons. The second-order valence-corrected chi connectivity index (χ2v) is 3.35. The molecule has 0 amide bonds. The zero-order valence-corrected chi connectivity index (χ0v) is 7.45. The maximum Gasteiger partial charge on any atom is 0.202 e. The molecule has 0 bridgehead atoms. The van der Waals surface area contributed by atoms with Crippen molar-refractivity contribution in [2.75, 3.05) is 12.4 Å². The van der Waals surface area contributed by atoms with Crippen LogP contribution in [0.2, 0.25) is 0 Å². The molecule has 1 fully saturated rings. The lowest BCUT2D eigenvalue weighted by Gasteiger charge is -2.13. The minimum absolute atomic E-state index is 0.690. The van der Waals surface area contributed by atoms with Gasteiger partial charge in [-0.3, -0.25) is 0 Å². The smallest absolute Gasteiger partial charge is 0.202 e. The molecule has 3 heteroatoms. The Kier molecular flexibility index (Phi) is 2.02. The van der Waals surface area contributed by atoms with Crippen LogP contribution < -0.4 is 5.32 Å². The van der Waals surface area contributed by atoms with E-state index in [1.165, 1.54) is 25.7 Å². The van der Waals surface area contributed by atoms with Gasteiger partial charge in [-0.2, -0.15) is 0 Å². The number of aromatic nitrogens is 2. The van der Waals surface area contributed by atoms with E-state index in [-0.39, 0.29) is 0 Å². The van der Waals surface area contributed by atoms with E-state index in [9.17, 15) is 0 Å². The molecule has 0 saturated heterocycles. The fourth-order valence-corrected chi connectivity index (χ4v) is 1.98. The number of hydrogen-bond acceptors (Lipinski definition) is 2. The monoisotopic (exact) mass is 165 g/mol. The number of nitrogens with one attached hydrogen (secondary N) is 1. The van der Waals surface area contributed by atoms with Gasteiger partial charge in [0.1, 0.15) is 0 Å². The maximum absolute atomic E-state index is 4.23. The van der Waals surface area contributed by atoms with Crippen LogP contribution in [0.3, 0.4) is 0 Å². The van der Waals surface area contributed by atoms with Crippen LogP contribution in [-0.2, 0) is 0 Å². The Morgan fingerprint density at radius 1 is 1.50 bits per heavy atom. The minimum Gasteiger partial charge on any atom is -0.359 e. The average molecular weight is 165 g/mol. The molecule has 1 aliphatic carbocycles. The summed E-state index contributed by atoms with van der Waals surface area (Å²) >= 11 is 0. The molecule has 0 atom stereocenters. The first kappa shape index (κ1) is 7.65. The number of imidazole rings is 1. The van der Waals surface area contributed by atoms with Crippen molar-refractivity contribution in [1.82, 2.24) is 9.55 Å². The van der Waals surface area contributed by atoms with Gasteiger partial charge in [0.15, 0.2) is 0 Å². The van der Waals surface area contributed by atoms with E-state index in [1.54, 1.807) is 0 Å². The summed E-state index contributed by atoms with van der Waals surface area (Å²) < 4.78 is 2.26. The van der Waals surface area contributed by atoms with Gasteiger partial charge >= 0.3 is 0 Å². The number of hydrogen-bond donors (Lipinski definition) is 1. The molecule has 0 aliphatic heterocycles. The predicted octanol–water partition coefficient (Wildman–Crippen LogP) is 2.04. The van der Waals surface area contributed by atoms with E-state index in [0.717, 1.165) is 5.95 Å². The van der Waals surface area contributed by atoms with Crippen LogP contribution in [0.25, 0.3) is 0 Å². The van der Waals surface area contributed by atoms with Gasteiger partial charge in [-0.1, -0.05) is 12.8 Å². The van der Waals surface area contributed by atoms with Crippen molar-refractivity contribution in [1.29, 1.82) is 0 Å². The Bertz CT molecular complexity index is 248. The molecule has 1 aromatic heterocycles. The highest BCUT2D eigenvalue weighted by Gasteiger charge is 2.18. The Morgan fingerprint density at radius 3 is 2.92 bits per heavy atom. The van der Waals surface area contributed by atoms with Crippen LogP contribution in [0.15, 0.2) is 12.4 Å². The topological polar surface area (TPSA) is 29.9 Å². The van der Waals surface area contributed by atoms with Crippen LogP contribution >= 0.6 is 0 Å². The maximum atomic E-state index is 4.23. The van der Waals surface area contributed by atoms with Gasteiger partial charge in [0.25, 0.3) is 0 Å². The van der Waals surface area contributed by atoms with Crippen LogP contribution in [0.1, 0.15) is 31.7 Å². The summed E-state index contributed by atoms with van der Waals surface area (Å²) in [6, 6.07) is 0.690. The molecular formula is C9H15N3. The average Bonchev–Trinajstić information content (AvgIpc) is 2.74. The molecule has 1 heterocycles. The zero-order valence-electron chi connectivity index (χ0n) is 7.45. The van der Waals surface area contributed by atoms with Gasteiger partial charge in [-0.05, 0) is 12.8 Å². The fourth-order valence-electron chi connectivity index (χ4n) is 1.98. The Hall–Kier alpha value is -0.990. The predicted molar refractivity (Wildman–Crippen MR) is 49.3 cm³/mol. The van der Waals surface area contributed by atoms with E-state index in [0.29, 0.717) is 6.04 Å². The van der Waals surface area contributed by atoms with Gasteiger partial charge in [0, 0.05) is 25.5 Å². The Morgan fingerprint density at radius 2 is 2.25 bits per heavy atom. The molecule has 12 heavy (non-hydrogen) atoms. The van der Waals surface area contributed by atoms with E-state index in [2.05, 4.69) is 21.1 Å². The van der Waals surface area contributed by atoms with Crippen molar-refractivity contribution >= 4 is 5.95 Å². The van der Waals surface area contributed by atoms with Crippen molar-refractivity contribution in [2.24, 2.45) is 0 Å². The van der Waals surface area contributed by atoms with Crippen LogP contribution in [0.5, 0.6) is 0 Å². The SMILES string of the molecule is CNc1nccn1C1CCCC1. The van der Waals surface area contributed by atoms with E-state index in [1.807, 2.05) is 13.2 Å². The molecule has 1 aliphatic rings. The lowest BCUT2D eigenvalue weighted by atomic mass is 10.2. The number of rotatable bonds is 2. The highest BCUT2D eigenvalue weighted by molar-refractivity contribution is 5.25. The lowest BCUT2D eigenvalue weighted by molar-refractivity contribution is 0.524. The molecule has 0 aromatic carbocycles. The molecule has 0 spiro atoms. The van der Waals surface area contributed by atoms with Crippen molar-refractivity contribution in [2.45, 2.75) is 31.7 Å². The van der Waals surface area contributed by atoms with Crippen molar-refractivity contribution in [3.63, 3.8) is 0 Å². The van der Waals surface area contributed by atoms with Gasteiger partial charge in [-0.15, -0.1) is 0 Å². The summed E-state index contributed by atoms with van der Waals surface area (Å²) in [7, 11) is 1.92. The standard InChI is InChI=1S/C9H15N3/c1-10-9-11-6-7-12(9)8-4-2-3-5-8/h6-8H,2-5H2,1H3,(H,10,11). The normalized spacial score (nSPS) is 18.4. The van der Waals surface area contributed by atoms with Crippen LogP contribution in [-0.4, -0.2) is 16.6 Å². The minimum atomic E-state index is 0.690. The van der Waals surface area contributed by atoms with E-state index >= 15 is 0 Å². The van der Waals surface area contributed by atoms with E-state index < -0.39 is 0 Å². The van der Waals surface area contributed by atoms with Gasteiger partial charge in [0.05, 0.1) is 0 Å². The summed E-state index contributed by atoms with van der Waals surface area (Å²) in [5.41, 5.74) is 0. The first-order chi connectivity index (χ1) is 5.92. The second-order valence-electron chi connectivity index (χ2n) is 3.35. The van der Waals surface area contributed by atoms with Crippen molar-refractivity contribution in [3.8, 4) is 0 Å². The molecule has 1 saturated carbocycles. The highest BCUT2D eigenvalue weighted by Crippen LogP contribution is 2.31. The third-order valence-corrected chi connectivity index (χ3v) is 2.61. The molecule has 1 aromatic rings. The first-order valence-corrected chi connectivity index (χ1v) is 4.62. The highest BCUT2D eigenvalue weighted by atomic mass is 15.2. The third kappa shape index (κ3) is 1.19. The van der Waals surface area contributed by atoms with Crippen LogP contribution in [0.4, 0.5) is 5.95 Å². The second kappa shape index (κ2) is 3.17. The quantitative estimate of drug-likeness (QED) is 0.726. The fraction of sp³-hybridized carbons (Fsp3) is 0.667. The zero-order chi connectivity index (χ0) is 8.39. The summed E-state index contributed by atoms with van der Waals surface area (Å²) in [5.74, 6) is 1.00. The Balaban J connectivity index is 2.19. The molecule has 66 valence electrons. The summed E-state index contributed by atoms with van der Waals surface area (Å²) in [4.78, 5) is 4.23. The number of anilines is 1. The summed E-state index contributed by atoms with van der Waals surface area (Å²) in [5, 5.41) is 3.10. The third-order valence-electron chi connectivity index (χ3n) is 2.61. The Labute approximate surface area is 72.8 Å². The molecular weight excluding hydrogens is 150 g/mol. The van der Waals surface area contributed by atoms with Gasteiger partial charge in [0.2, 0.25) is 5.95 Å². The first-order valence-electron chi connectivity index (χ1n) is 4.62. The van der Waals surface area contributed by atoms with Crippen molar-refractivity contribution in [3.05, 3.63) is 12.4 Å². The molecule has 2 rings (SSSR count). The number of nitrogens with zero attached hydrogens (tertiary/aromatic N) is 2. The largest absolute Gasteiger partial charge is 0.359 e. The molecule has 1 N–H and O–H groups in total. The molecule has 3 nitrogen and oxygen atoms in total. The van der Waals surface area contributed by atoms with Crippen molar-refractivity contribution < 1.29 is 0 Å². The summed E-state index contributed by atoms with van der Waals surface area (Å²) in [6.07, 6.45) is 9.29. The van der Waals surface area contributed by atoms with E-state index in [4.69, 9.17) is 0 Å². The lowest BCUT2D eigenvalue weighted by Crippen LogP contribution is -2.07. The molecule has 0 unspecified atom stereocenters.